The van der Waals surface area contributed by atoms with Gasteiger partial charge in [0.2, 0.25) is 5.91 Å². The smallest absolute Gasteiger partial charge is 0.361 e. The summed E-state index contributed by atoms with van der Waals surface area (Å²) in [7, 11) is 1.92. The maximum atomic E-state index is 12.9. The predicted octanol–water partition coefficient (Wildman–Crippen LogP) is 3.75. The molecule has 0 bridgehead atoms. The van der Waals surface area contributed by atoms with E-state index in [1.54, 1.807) is 12.4 Å². The molecule has 0 radical (unpaired) electrons. The van der Waals surface area contributed by atoms with Crippen molar-refractivity contribution in [2.75, 3.05) is 17.3 Å². The number of carbonyl (C=O) groups excluding carboxylic acids is 1. The van der Waals surface area contributed by atoms with Crippen LogP contribution < -0.4 is 10.2 Å². The van der Waals surface area contributed by atoms with Crippen LogP contribution in [0.1, 0.15) is 42.3 Å². The fourth-order valence-corrected chi connectivity index (χ4v) is 4.22. The average molecular weight is 508 g/mol. The number of aromatic nitrogens is 5. The van der Waals surface area contributed by atoms with Gasteiger partial charge in [-0.15, -0.1) is 0 Å². The van der Waals surface area contributed by atoms with Crippen molar-refractivity contribution >= 4 is 30.8 Å². The van der Waals surface area contributed by atoms with Gasteiger partial charge in [-0.2, -0.15) is 31.8 Å². The minimum absolute atomic E-state index is 0. The standard InChI is InChI=1S/C23H26F3N7O.H2S/c1-13(2)21-22(34)31-20-14(3)29-16(9-17(20)32(21)4)6-5-15-10-28-33(11-15)12-19-27-8-7-18(30-19)23(24,25)26;/h7-11,13,21H,5-6,12H2,1-4H3,(H,31,34);1H2/t21-;/m0./s1. The van der Waals surface area contributed by atoms with Gasteiger partial charge in [0.15, 0.2) is 0 Å². The highest BCUT2D eigenvalue weighted by Gasteiger charge is 2.34. The lowest BCUT2D eigenvalue weighted by Crippen LogP contribution is -2.49. The number of hydrogen-bond acceptors (Lipinski definition) is 6. The number of anilines is 2. The molecule has 1 aliphatic rings. The van der Waals surface area contributed by atoms with Crippen LogP contribution in [0.3, 0.4) is 0 Å². The zero-order valence-electron chi connectivity index (χ0n) is 19.9. The van der Waals surface area contributed by atoms with Gasteiger partial charge >= 0.3 is 6.18 Å². The summed E-state index contributed by atoms with van der Waals surface area (Å²) in [6.07, 6.45) is 1.34. The Bertz CT molecular complexity index is 1210. The molecule has 1 atom stereocenters. The molecule has 3 aromatic heterocycles. The molecule has 1 aliphatic heterocycles. The number of carbonyl (C=O) groups is 1. The molecular formula is C23H28F3N7OS. The van der Waals surface area contributed by atoms with E-state index < -0.39 is 11.9 Å². The van der Waals surface area contributed by atoms with Crippen LogP contribution in [0, 0.1) is 12.8 Å². The number of aryl methyl sites for hydroxylation is 3. The first-order chi connectivity index (χ1) is 16.0. The van der Waals surface area contributed by atoms with Crippen molar-refractivity contribution in [1.82, 2.24) is 24.7 Å². The van der Waals surface area contributed by atoms with Crippen LogP contribution in [-0.4, -0.2) is 43.7 Å². The van der Waals surface area contributed by atoms with Crippen molar-refractivity contribution in [1.29, 1.82) is 0 Å². The van der Waals surface area contributed by atoms with E-state index >= 15 is 0 Å². The Balaban J connectivity index is 0.00000342. The fourth-order valence-electron chi connectivity index (χ4n) is 4.22. The highest BCUT2D eigenvalue weighted by molar-refractivity contribution is 7.59. The predicted molar refractivity (Wildman–Crippen MR) is 131 cm³/mol. The minimum Gasteiger partial charge on any atom is -0.361 e. The first-order valence-corrected chi connectivity index (χ1v) is 11.0. The summed E-state index contributed by atoms with van der Waals surface area (Å²) in [4.78, 5) is 26.7. The summed E-state index contributed by atoms with van der Waals surface area (Å²) in [5.74, 6) is 0.169. The van der Waals surface area contributed by atoms with Crippen molar-refractivity contribution in [3.8, 4) is 0 Å². The normalized spacial score (nSPS) is 15.6. The summed E-state index contributed by atoms with van der Waals surface area (Å²) >= 11 is 0. The van der Waals surface area contributed by atoms with E-state index in [0.717, 1.165) is 40.6 Å². The van der Waals surface area contributed by atoms with E-state index in [4.69, 9.17) is 0 Å². The number of halogens is 3. The Morgan fingerprint density at radius 1 is 1.20 bits per heavy atom. The second-order valence-corrected chi connectivity index (χ2v) is 8.78. The number of likely N-dealkylation sites (N-methyl/N-ethyl adjacent to an activating group) is 1. The van der Waals surface area contributed by atoms with Crippen molar-refractivity contribution in [3.05, 3.63) is 59.2 Å². The highest BCUT2D eigenvalue weighted by atomic mass is 32.1. The zero-order chi connectivity index (χ0) is 24.6. The van der Waals surface area contributed by atoms with Crippen molar-refractivity contribution in [3.63, 3.8) is 0 Å². The number of hydrogen-bond donors (Lipinski definition) is 1. The summed E-state index contributed by atoms with van der Waals surface area (Å²) in [6, 6.07) is 2.59. The van der Waals surface area contributed by atoms with Gasteiger partial charge in [-0.3, -0.25) is 14.5 Å². The van der Waals surface area contributed by atoms with E-state index in [2.05, 4.69) is 25.4 Å². The lowest BCUT2D eigenvalue weighted by molar-refractivity contribution is -0.141. The van der Waals surface area contributed by atoms with Crippen molar-refractivity contribution < 1.29 is 18.0 Å². The first kappa shape index (κ1) is 26.5. The third-order valence-electron chi connectivity index (χ3n) is 5.83. The molecule has 0 aromatic carbocycles. The van der Waals surface area contributed by atoms with Gasteiger partial charge in [-0.05, 0) is 43.4 Å². The summed E-state index contributed by atoms with van der Waals surface area (Å²) < 4.78 is 40.1. The molecule has 0 spiro atoms. The topological polar surface area (TPSA) is 88.8 Å². The van der Waals surface area contributed by atoms with Crippen LogP contribution in [0.25, 0.3) is 0 Å². The second-order valence-electron chi connectivity index (χ2n) is 8.78. The van der Waals surface area contributed by atoms with Crippen LogP contribution in [-0.2, 0) is 30.4 Å². The Hall–Kier alpha value is -3.15. The molecule has 0 unspecified atom stereocenters. The molecule has 0 fully saturated rings. The lowest BCUT2D eigenvalue weighted by atomic mass is 9.97. The first-order valence-electron chi connectivity index (χ1n) is 11.0. The second kappa shape index (κ2) is 10.2. The number of rotatable bonds is 6. The number of fused-ring (bicyclic) bond motifs is 1. The van der Waals surface area contributed by atoms with E-state index in [1.807, 2.05) is 38.8 Å². The maximum Gasteiger partial charge on any atom is 0.433 e. The Labute approximate surface area is 208 Å². The third kappa shape index (κ3) is 5.75. The fraction of sp³-hybridized carbons (Fsp3) is 0.435. The van der Waals surface area contributed by atoms with Crippen LogP contribution in [0.4, 0.5) is 24.5 Å². The number of amides is 1. The van der Waals surface area contributed by atoms with Crippen LogP contribution in [0.5, 0.6) is 0 Å². The molecule has 0 saturated heterocycles. The van der Waals surface area contributed by atoms with Crippen LogP contribution in [0.2, 0.25) is 0 Å². The highest BCUT2D eigenvalue weighted by Crippen LogP contribution is 2.35. The number of pyridine rings is 1. The molecule has 4 rings (SSSR count). The lowest BCUT2D eigenvalue weighted by Gasteiger charge is -2.38. The molecule has 188 valence electrons. The SMILES string of the molecule is Cc1nc(CCc2cnn(Cc3nccc(C(F)(F)F)n3)c2)cc2c1NC(=O)[C@H](C(C)C)N2C.S. The monoisotopic (exact) mass is 507 g/mol. The molecule has 35 heavy (non-hydrogen) atoms. The molecule has 0 saturated carbocycles. The summed E-state index contributed by atoms with van der Waals surface area (Å²) in [5.41, 5.74) is 3.27. The Morgan fingerprint density at radius 3 is 2.63 bits per heavy atom. The van der Waals surface area contributed by atoms with Gasteiger partial charge in [0.1, 0.15) is 24.1 Å². The molecule has 12 heteroatoms. The molecule has 1 amide bonds. The molecule has 0 aliphatic carbocycles. The zero-order valence-corrected chi connectivity index (χ0v) is 20.9. The molecule has 8 nitrogen and oxygen atoms in total. The largest absolute Gasteiger partial charge is 0.433 e. The average Bonchev–Trinajstić information content (AvgIpc) is 3.20. The summed E-state index contributed by atoms with van der Waals surface area (Å²) in [5, 5.41) is 7.22. The molecule has 1 N–H and O–H groups in total. The number of nitrogens with zero attached hydrogens (tertiary/aromatic N) is 6. The van der Waals surface area contributed by atoms with Gasteiger partial charge in [0, 0.05) is 25.1 Å². The van der Waals surface area contributed by atoms with Gasteiger partial charge in [0.05, 0.1) is 23.3 Å². The van der Waals surface area contributed by atoms with E-state index in [1.165, 1.54) is 4.68 Å². The van der Waals surface area contributed by atoms with E-state index in [9.17, 15) is 18.0 Å². The summed E-state index contributed by atoms with van der Waals surface area (Å²) in [6.45, 7) is 5.95. The quantitative estimate of drug-likeness (QED) is 0.547. The van der Waals surface area contributed by atoms with E-state index in [0.29, 0.717) is 12.8 Å². The van der Waals surface area contributed by atoms with Gasteiger partial charge in [-0.25, -0.2) is 9.97 Å². The van der Waals surface area contributed by atoms with Gasteiger partial charge < -0.3 is 10.2 Å². The third-order valence-corrected chi connectivity index (χ3v) is 5.83. The van der Waals surface area contributed by atoms with E-state index in [-0.39, 0.29) is 43.7 Å². The molecule has 4 heterocycles. The van der Waals surface area contributed by atoms with Crippen LogP contribution >= 0.6 is 13.5 Å². The van der Waals surface area contributed by atoms with Crippen molar-refractivity contribution in [2.45, 2.75) is 52.4 Å². The molecular weight excluding hydrogens is 479 g/mol. The van der Waals surface area contributed by atoms with Crippen LogP contribution in [0.15, 0.2) is 30.7 Å². The van der Waals surface area contributed by atoms with Gasteiger partial charge in [-0.1, -0.05) is 13.8 Å². The van der Waals surface area contributed by atoms with Crippen molar-refractivity contribution in [2.24, 2.45) is 5.92 Å². The number of nitrogens with one attached hydrogen (secondary N) is 1. The molecule has 3 aromatic rings. The van der Waals surface area contributed by atoms with Gasteiger partial charge in [0.25, 0.3) is 0 Å². The minimum atomic E-state index is -4.51. The Kier molecular flexibility index (Phi) is 7.73. The Morgan fingerprint density at radius 2 is 1.94 bits per heavy atom. The number of alkyl halides is 3. The maximum absolute atomic E-state index is 12.9.